The second-order valence-corrected chi connectivity index (χ2v) is 5.54. The number of urea groups is 1. The first-order valence-corrected chi connectivity index (χ1v) is 6.94. The van der Waals surface area contributed by atoms with E-state index in [0.29, 0.717) is 5.00 Å². The zero-order chi connectivity index (χ0) is 15.0. The number of thiophene rings is 1. The maximum absolute atomic E-state index is 11.5. The number of amides is 3. The molecule has 0 atom stereocenters. The highest BCUT2D eigenvalue weighted by Crippen LogP contribution is 2.36. The lowest BCUT2D eigenvalue weighted by Gasteiger charge is -1.99. The third-order valence-corrected chi connectivity index (χ3v) is 4.17. The Bertz CT molecular complexity index is 850. The summed E-state index contributed by atoms with van der Waals surface area (Å²) in [6.45, 7) is 0. The largest absolute Gasteiger partial charge is 0.366 e. The molecule has 106 valence electrons. The first kappa shape index (κ1) is 13.2. The molecule has 0 fully saturated rings. The Kier molecular flexibility index (Phi) is 3.11. The average Bonchev–Trinajstić information content (AvgIpc) is 3.03. The zero-order valence-corrected chi connectivity index (χ0v) is 11.7. The summed E-state index contributed by atoms with van der Waals surface area (Å²) >= 11 is 1.26. The van der Waals surface area contributed by atoms with E-state index in [-0.39, 0.29) is 5.56 Å². The van der Waals surface area contributed by atoms with Gasteiger partial charge >= 0.3 is 6.03 Å². The van der Waals surface area contributed by atoms with E-state index >= 15 is 0 Å². The number of carbonyl (C=O) groups excluding carboxylic acids is 2. The summed E-state index contributed by atoms with van der Waals surface area (Å²) in [5.41, 5.74) is 12.6. The van der Waals surface area contributed by atoms with Crippen molar-refractivity contribution in [2.75, 3.05) is 5.32 Å². The number of hydrogen-bond donors (Lipinski definition) is 4. The second-order valence-electron chi connectivity index (χ2n) is 4.49. The van der Waals surface area contributed by atoms with Gasteiger partial charge in [-0.2, -0.15) is 0 Å². The van der Waals surface area contributed by atoms with Crippen molar-refractivity contribution in [3.8, 4) is 10.4 Å². The summed E-state index contributed by atoms with van der Waals surface area (Å²) < 4.78 is 0. The minimum atomic E-state index is -0.730. The van der Waals surface area contributed by atoms with Crippen molar-refractivity contribution in [1.82, 2.24) is 4.98 Å². The van der Waals surface area contributed by atoms with E-state index < -0.39 is 11.9 Å². The van der Waals surface area contributed by atoms with E-state index in [0.717, 1.165) is 21.3 Å². The number of rotatable bonds is 3. The van der Waals surface area contributed by atoms with Crippen molar-refractivity contribution in [3.05, 3.63) is 42.1 Å². The van der Waals surface area contributed by atoms with E-state index in [1.807, 2.05) is 30.5 Å². The fourth-order valence-electron chi connectivity index (χ4n) is 2.13. The SMILES string of the molecule is NC(=O)Nc1sc(-c2ccc3[nH]ccc3c2)cc1C(N)=O. The van der Waals surface area contributed by atoms with Crippen LogP contribution < -0.4 is 16.8 Å². The van der Waals surface area contributed by atoms with Crippen LogP contribution in [0.3, 0.4) is 0 Å². The number of aromatic nitrogens is 1. The summed E-state index contributed by atoms with van der Waals surface area (Å²) in [5.74, 6) is -0.607. The number of benzene rings is 1. The monoisotopic (exact) mass is 300 g/mol. The lowest BCUT2D eigenvalue weighted by Crippen LogP contribution is -2.21. The van der Waals surface area contributed by atoms with Gasteiger partial charge in [-0.25, -0.2) is 4.79 Å². The molecule has 1 aromatic carbocycles. The summed E-state index contributed by atoms with van der Waals surface area (Å²) in [4.78, 5) is 26.4. The molecular weight excluding hydrogens is 288 g/mol. The number of anilines is 1. The molecule has 2 heterocycles. The Morgan fingerprint density at radius 2 is 1.95 bits per heavy atom. The standard InChI is InChI=1S/C14H12N4O2S/c15-12(19)9-6-11(21-13(9)18-14(16)20)8-1-2-10-7(5-8)3-4-17-10/h1-6,17H,(H2,15,19)(H3,16,18,20). The van der Waals surface area contributed by atoms with Gasteiger partial charge in [0.2, 0.25) is 0 Å². The van der Waals surface area contributed by atoms with Crippen molar-refractivity contribution in [2.24, 2.45) is 11.5 Å². The zero-order valence-electron chi connectivity index (χ0n) is 10.8. The van der Waals surface area contributed by atoms with Crippen LogP contribution in [0.15, 0.2) is 36.5 Å². The number of nitrogens with two attached hydrogens (primary N) is 2. The van der Waals surface area contributed by atoms with Crippen molar-refractivity contribution >= 4 is 39.2 Å². The molecule has 7 heteroatoms. The molecule has 0 unspecified atom stereocenters. The fraction of sp³-hybridized carbons (Fsp3) is 0. The van der Waals surface area contributed by atoms with Crippen LogP contribution in [0.1, 0.15) is 10.4 Å². The molecule has 3 aromatic rings. The molecular formula is C14H12N4O2S. The number of fused-ring (bicyclic) bond motifs is 1. The predicted octanol–water partition coefficient (Wildman–Crippen LogP) is 2.49. The molecule has 0 saturated carbocycles. The van der Waals surface area contributed by atoms with Gasteiger partial charge in [-0.15, -0.1) is 11.3 Å². The van der Waals surface area contributed by atoms with E-state index in [1.165, 1.54) is 11.3 Å². The van der Waals surface area contributed by atoms with Gasteiger partial charge in [0.25, 0.3) is 5.91 Å². The van der Waals surface area contributed by atoms with Crippen molar-refractivity contribution in [1.29, 1.82) is 0 Å². The quantitative estimate of drug-likeness (QED) is 0.595. The van der Waals surface area contributed by atoms with Gasteiger partial charge in [-0.3, -0.25) is 10.1 Å². The number of aromatic amines is 1. The Hall–Kier alpha value is -2.80. The van der Waals surface area contributed by atoms with E-state index in [9.17, 15) is 9.59 Å². The highest BCUT2D eigenvalue weighted by Gasteiger charge is 2.16. The molecule has 0 saturated heterocycles. The normalized spacial score (nSPS) is 10.7. The van der Waals surface area contributed by atoms with Crippen LogP contribution in [0.2, 0.25) is 0 Å². The molecule has 6 nitrogen and oxygen atoms in total. The number of carbonyl (C=O) groups is 2. The van der Waals surface area contributed by atoms with E-state index in [2.05, 4.69) is 10.3 Å². The van der Waals surface area contributed by atoms with Gasteiger partial charge in [-0.1, -0.05) is 6.07 Å². The third kappa shape index (κ3) is 2.46. The second kappa shape index (κ2) is 4.95. The summed E-state index contributed by atoms with van der Waals surface area (Å²) in [5, 5.41) is 3.85. The molecule has 3 rings (SSSR count). The lowest BCUT2D eigenvalue weighted by molar-refractivity contribution is 0.100. The number of nitrogens with one attached hydrogen (secondary N) is 2. The summed E-state index contributed by atoms with van der Waals surface area (Å²) in [6, 6.07) is 8.78. The first-order valence-electron chi connectivity index (χ1n) is 6.12. The predicted molar refractivity (Wildman–Crippen MR) is 83.3 cm³/mol. The molecule has 0 bridgehead atoms. The highest BCUT2D eigenvalue weighted by molar-refractivity contribution is 7.20. The van der Waals surface area contributed by atoms with Crippen LogP contribution in [0.4, 0.5) is 9.80 Å². The van der Waals surface area contributed by atoms with Crippen LogP contribution in [-0.2, 0) is 0 Å². The van der Waals surface area contributed by atoms with Gasteiger partial charge in [0.05, 0.1) is 5.56 Å². The molecule has 6 N–H and O–H groups in total. The molecule has 0 aliphatic rings. The Morgan fingerprint density at radius 1 is 1.14 bits per heavy atom. The minimum Gasteiger partial charge on any atom is -0.366 e. The average molecular weight is 300 g/mol. The Balaban J connectivity index is 2.08. The van der Waals surface area contributed by atoms with Crippen LogP contribution in [0.5, 0.6) is 0 Å². The van der Waals surface area contributed by atoms with Crippen LogP contribution in [0.25, 0.3) is 21.3 Å². The highest BCUT2D eigenvalue weighted by atomic mass is 32.1. The molecule has 21 heavy (non-hydrogen) atoms. The summed E-state index contributed by atoms with van der Waals surface area (Å²) in [6.07, 6.45) is 1.86. The van der Waals surface area contributed by atoms with Gasteiger partial charge < -0.3 is 16.5 Å². The lowest BCUT2D eigenvalue weighted by atomic mass is 10.1. The van der Waals surface area contributed by atoms with Gasteiger partial charge in [-0.05, 0) is 35.2 Å². The van der Waals surface area contributed by atoms with Gasteiger partial charge in [0.1, 0.15) is 5.00 Å². The topological polar surface area (TPSA) is 114 Å². The number of primary amides is 2. The molecule has 3 amide bonds. The van der Waals surface area contributed by atoms with Crippen molar-refractivity contribution in [2.45, 2.75) is 0 Å². The molecule has 0 spiro atoms. The Morgan fingerprint density at radius 3 is 2.67 bits per heavy atom. The number of hydrogen-bond acceptors (Lipinski definition) is 3. The number of H-pyrrole nitrogens is 1. The maximum atomic E-state index is 11.5. The van der Waals surface area contributed by atoms with Crippen LogP contribution in [-0.4, -0.2) is 16.9 Å². The molecule has 0 radical (unpaired) electrons. The van der Waals surface area contributed by atoms with Crippen molar-refractivity contribution in [3.63, 3.8) is 0 Å². The maximum Gasteiger partial charge on any atom is 0.317 e. The minimum absolute atomic E-state index is 0.253. The van der Waals surface area contributed by atoms with E-state index in [1.54, 1.807) is 6.07 Å². The first-order chi connectivity index (χ1) is 10.0. The molecule has 0 aliphatic carbocycles. The smallest absolute Gasteiger partial charge is 0.317 e. The Labute approximate surface area is 123 Å². The van der Waals surface area contributed by atoms with E-state index in [4.69, 9.17) is 11.5 Å². The van der Waals surface area contributed by atoms with Gasteiger partial charge in [0, 0.05) is 16.6 Å². The van der Waals surface area contributed by atoms with Gasteiger partial charge in [0.15, 0.2) is 0 Å². The molecule has 2 aromatic heterocycles. The third-order valence-electron chi connectivity index (χ3n) is 3.07. The summed E-state index contributed by atoms with van der Waals surface area (Å²) in [7, 11) is 0. The van der Waals surface area contributed by atoms with Crippen LogP contribution in [0, 0.1) is 0 Å². The van der Waals surface area contributed by atoms with Crippen molar-refractivity contribution < 1.29 is 9.59 Å². The fourth-order valence-corrected chi connectivity index (χ4v) is 3.19. The molecule has 0 aliphatic heterocycles. The van der Waals surface area contributed by atoms with Crippen LogP contribution >= 0.6 is 11.3 Å².